The Morgan fingerprint density at radius 3 is 2.39 bits per heavy atom. The predicted molar refractivity (Wildman–Crippen MR) is 133 cm³/mol. The summed E-state index contributed by atoms with van der Waals surface area (Å²) in [5, 5.41) is 14.3. The lowest BCUT2D eigenvalue weighted by Gasteiger charge is -2.10. The number of ether oxygens (including phenoxy) is 2. The van der Waals surface area contributed by atoms with E-state index in [1.807, 2.05) is 36.4 Å². The van der Waals surface area contributed by atoms with Gasteiger partial charge in [0.05, 0.1) is 12.8 Å². The SMILES string of the molecule is COc1ccc(COc2cc(Cc3ccc(Cl)cc3)nn2-c2cc(-c3n[nH]nc3C(F)(F)F)ccn2)cc1. The molecule has 0 unspecified atom stereocenters. The van der Waals surface area contributed by atoms with Crippen molar-refractivity contribution in [3.05, 3.63) is 100 Å². The molecule has 8 nitrogen and oxygen atoms in total. The number of H-pyrrole nitrogens is 1. The first-order valence-corrected chi connectivity index (χ1v) is 11.7. The van der Waals surface area contributed by atoms with Crippen molar-refractivity contribution in [2.24, 2.45) is 0 Å². The highest BCUT2D eigenvalue weighted by molar-refractivity contribution is 6.30. The van der Waals surface area contributed by atoms with Crippen LogP contribution in [-0.2, 0) is 19.2 Å². The Balaban J connectivity index is 1.49. The maximum atomic E-state index is 13.4. The topological polar surface area (TPSA) is 90.7 Å². The molecule has 3 aromatic heterocycles. The number of alkyl halides is 3. The fourth-order valence-corrected chi connectivity index (χ4v) is 3.89. The lowest BCUT2D eigenvalue weighted by Crippen LogP contribution is -2.08. The number of pyridine rings is 1. The van der Waals surface area contributed by atoms with Gasteiger partial charge in [0.2, 0.25) is 5.88 Å². The Kier molecular flexibility index (Phi) is 7.01. The zero-order valence-corrected chi connectivity index (χ0v) is 20.7. The summed E-state index contributed by atoms with van der Waals surface area (Å²) < 4.78 is 52.9. The number of aromatic amines is 1. The highest BCUT2D eigenvalue weighted by Gasteiger charge is 2.38. The number of hydrogen-bond donors (Lipinski definition) is 1. The summed E-state index contributed by atoms with van der Waals surface area (Å²) in [5.74, 6) is 1.34. The molecule has 12 heteroatoms. The second-order valence-electron chi connectivity index (χ2n) is 8.25. The molecule has 0 atom stereocenters. The Labute approximate surface area is 220 Å². The van der Waals surface area contributed by atoms with Crippen LogP contribution in [0.4, 0.5) is 13.2 Å². The Bertz CT molecular complexity index is 1530. The molecule has 38 heavy (non-hydrogen) atoms. The molecule has 0 spiro atoms. The van der Waals surface area contributed by atoms with Crippen molar-refractivity contribution >= 4 is 11.6 Å². The lowest BCUT2D eigenvalue weighted by molar-refractivity contribution is -0.140. The first-order valence-electron chi connectivity index (χ1n) is 11.3. The first-order chi connectivity index (χ1) is 18.3. The van der Waals surface area contributed by atoms with Crippen LogP contribution in [0.1, 0.15) is 22.5 Å². The predicted octanol–water partition coefficient (Wildman–Crippen LogP) is 5.90. The highest BCUT2D eigenvalue weighted by atomic mass is 35.5. The molecule has 5 aromatic rings. The first kappa shape index (κ1) is 25.3. The van der Waals surface area contributed by atoms with Crippen LogP contribution < -0.4 is 9.47 Å². The third-order valence-electron chi connectivity index (χ3n) is 5.62. The minimum absolute atomic E-state index is 0.173. The third kappa shape index (κ3) is 5.62. The molecule has 0 bridgehead atoms. The molecule has 0 saturated heterocycles. The Morgan fingerprint density at radius 2 is 1.68 bits per heavy atom. The maximum Gasteiger partial charge on any atom is 0.437 e. The molecule has 0 aliphatic rings. The van der Waals surface area contributed by atoms with Crippen LogP contribution in [0.3, 0.4) is 0 Å². The van der Waals surface area contributed by atoms with E-state index in [-0.39, 0.29) is 23.7 Å². The molecule has 5 rings (SSSR count). The van der Waals surface area contributed by atoms with Gasteiger partial charge in [0.1, 0.15) is 18.1 Å². The van der Waals surface area contributed by atoms with Gasteiger partial charge in [0, 0.05) is 29.3 Å². The van der Waals surface area contributed by atoms with Gasteiger partial charge >= 0.3 is 6.18 Å². The van der Waals surface area contributed by atoms with Gasteiger partial charge < -0.3 is 9.47 Å². The third-order valence-corrected chi connectivity index (χ3v) is 5.88. The summed E-state index contributed by atoms with van der Waals surface area (Å²) in [7, 11) is 1.59. The summed E-state index contributed by atoms with van der Waals surface area (Å²) in [4.78, 5) is 4.33. The van der Waals surface area contributed by atoms with E-state index in [1.165, 1.54) is 23.0 Å². The number of rotatable bonds is 8. The van der Waals surface area contributed by atoms with Crippen LogP contribution in [0.15, 0.2) is 72.9 Å². The zero-order chi connectivity index (χ0) is 26.7. The van der Waals surface area contributed by atoms with E-state index in [2.05, 4.69) is 25.5 Å². The van der Waals surface area contributed by atoms with E-state index in [0.717, 1.165) is 16.9 Å². The number of methoxy groups -OCH3 is 1. The second-order valence-corrected chi connectivity index (χ2v) is 8.68. The summed E-state index contributed by atoms with van der Waals surface area (Å²) in [6.07, 6.45) is -2.81. The van der Waals surface area contributed by atoms with E-state index in [9.17, 15) is 13.2 Å². The van der Waals surface area contributed by atoms with Crippen LogP contribution >= 0.6 is 11.6 Å². The molecule has 0 saturated carbocycles. The van der Waals surface area contributed by atoms with E-state index >= 15 is 0 Å². The van der Waals surface area contributed by atoms with Gasteiger partial charge in [-0.05, 0) is 47.5 Å². The molecule has 194 valence electrons. The minimum atomic E-state index is -4.67. The average Bonchev–Trinajstić information content (AvgIpc) is 3.57. The van der Waals surface area contributed by atoms with Crippen molar-refractivity contribution in [3.63, 3.8) is 0 Å². The summed E-state index contributed by atoms with van der Waals surface area (Å²) in [6.45, 7) is 0.220. The standard InChI is InChI=1S/C26H20ClF3N6O2/c1-37-21-8-4-17(5-9-21)15-38-23-14-20(12-16-2-6-19(27)7-3-16)34-36(23)22-13-18(10-11-31-22)24-25(26(28,29)30)33-35-32-24/h2-11,13-14H,12,15H2,1H3,(H,32,33,35). The molecular weight excluding hydrogens is 521 g/mol. The van der Waals surface area contributed by atoms with Gasteiger partial charge in [-0.25, -0.2) is 4.98 Å². The normalized spacial score (nSPS) is 11.5. The quantitative estimate of drug-likeness (QED) is 0.263. The van der Waals surface area contributed by atoms with Crippen molar-refractivity contribution in [1.82, 2.24) is 30.2 Å². The van der Waals surface area contributed by atoms with E-state index in [0.29, 0.717) is 23.0 Å². The Hall–Kier alpha value is -4.38. The van der Waals surface area contributed by atoms with Gasteiger partial charge in [-0.2, -0.15) is 38.4 Å². The summed E-state index contributed by atoms with van der Waals surface area (Å²) >= 11 is 6.00. The molecule has 2 aromatic carbocycles. The van der Waals surface area contributed by atoms with E-state index in [1.54, 1.807) is 25.3 Å². The second kappa shape index (κ2) is 10.5. The van der Waals surface area contributed by atoms with Crippen molar-refractivity contribution in [2.75, 3.05) is 7.11 Å². The minimum Gasteiger partial charge on any atom is -0.497 e. The molecule has 0 aliphatic heterocycles. The molecular formula is C26H20ClF3N6O2. The van der Waals surface area contributed by atoms with Gasteiger partial charge in [-0.15, -0.1) is 0 Å². The largest absolute Gasteiger partial charge is 0.497 e. The van der Waals surface area contributed by atoms with Gasteiger partial charge in [0.15, 0.2) is 11.5 Å². The van der Waals surface area contributed by atoms with E-state index < -0.39 is 11.9 Å². The number of aromatic nitrogens is 6. The smallest absolute Gasteiger partial charge is 0.437 e. The lowest BCUT2D eigenvalue weighted by atomic mass is 10.1. The van der Waals surface area contributed by atoms with Crippen molar-refractivity contribution < 1.29 is 22.6 Å². The number of benzene rings is 2. The van der Waals surface area contributed by atoms with Gasteiger partial charge in [0.25, 0.3) is 0 Å². The van der Waals surface area contributed by atoms with Crippen LogP contribution in [0, 0.1) is 0 Å². The van der Waals surface area contributed by atoms with Crippen molar-refractivity contribution in [2.45, 2.75) is 19.2 Å². The van der Waals surface area contributed by atoms with Crippen LogP contribution in [0.5, 0.6) is 11.6 Å². The number of hydrogen-bond acceptors (Lipinski definition) is 6. The monoisotopic (exact) mass is 540 g/mol. The molecule has 3 heterocycles. The number of nitrogens with one attached hydrogen (secondary N) is 1. The molecule has 0 amide bonds. The summed E-state index contributed by atoms with van der Waals surface area (Å²) in [5.41, 5.74) is 1.25. The van der Waals surface area contributed by atoms with Crippen molar-refractivity contribution in [3.8, 4) is 28.7 Å². The summed E-state index contributed by atoms with van der Waals surface area (Å²) in [6, 6.07) is 19.4. The average molecular weight is 541 g/mol. The fraction of sp³-hybridized carbons (Fsp3) is 0.154. The molecule has 1 N–H and O–H groups in total. The molecule has 0 fully saturated rings. The highest BCUT2D eigenvalue weighted by Crippen LogP contribution is 2.34. The fourth-order valence-electron chi connectivity index (χ4n) is 3.77. The maximum absolute atomic E-state index is 13.4. The van der Waals surface area contributed by atoms with Crippen LogP contribution in [0.25, 0.3) is 17.1 Å². The number of halogens is 4. The van der Waals surface area contributed by atoms with Crippen molar-refractivity contribution in [1.29, 1.82) is 0 Å². The van der Waals surface area contributed by atoms with Crippen LogP contribution in [-0.4, -0.2) is 37.3 Å². The zero-order valence-electron chi connectivity index (χ0n) is 19.9. The number of nitrogens with zero attached hydrogens (tertiary/aromatic N) is 5. The van der Waals surface area contributed by atoms with Gasteiger partial charge in [-0.3, -0.25) is 0 Å². The molecule has 0 radical (unpaired) electrons. The van der Waals surface area contributed by atoms with Crippen LogP contribution in [0.2, 0.25) is 5.02 Å². The molecule has 0 aliphatic carbocycles. The Morgan fingerprint density at radius 1 is 0.947 bits per heavy atom. The van der Waals surface area contributed by atoms with Gasteiger partial charge in [-0.1, -0.05) is 35.9 Å². The van der Waals surface area contributed by atoms with E-state index in [4.69, 9.17) is 21.1 Å².